The Morgan fingerprint density at radius 2 is 2.00 bits per heavy atom. The van der Waals surface area contributed by atoms with Crippen molar-refractivity contribution in [2.75, 3.05) is 37.0 Å². The number of pyridine rings is 1. The number of amides is 3. The van der Waals surface area contributed by atoms with E-state index in [0.29, 0.717) is 26.2 Å². The molecule has 1 aliphatic rings. The highest BCUT2D eigenvalue weighted by molar-refractivity contribution is 6.28. The van der Waals surface area contributed by atoms with Crippen molar-refractivity contribution < 1.29 is 9.59 Å². The minimum atomic E-state index is -0.473. The fourth-order valence-electron chi connectivity index (χ4n) is 1.91. The van der Waals surface area contributed by atoms with E-state index >= 15 is 0 Å². The number of halogens is 1. The van der Waals surface area contributed by atoms with Crippen molar-refractivity contribution in [1.29, 1.82) is 0 Å². The zero-order chi connectivity index (χ0) is 13.7. The van der Waals surface area contributed by atoms with Crippen molar-refractivity contribution >= 4 is 29.4 Å². The van der Waals surface area contributed by atoms with Crippen LogP contribution < -0.4 is 10.2 Å². The minimum absolute atomic E-state index is 0.209. The van der Waals surface area contributed by atoms with Crippen LogP contribution in [0.5, 0.6) is 0 Å². The molecule has 19 heavy (non-hydrogen) atoms. The molecule has 0 unspecified atom stereocenters. The first kappa shape index (κ1) is 13.6. The average molecular weight is 283 g/mol. The minimum Gasteiger partial charge on any atom is -0.353 e. The van der Waals surface area contributed by atoms with Crippen LogP contribution in [0.2, 0.25) is 0 Å². The number of urea groups is 1. The highest BCUT2D eigenvalue weighted by Crippen LogP contribution is 2.12. The maximum absolute atomic E-state index is 11.7. The van der Waals surface area contributed by atoms with Crippen LogP contribution in [0.25, 0.3) is 0 Å². The number of hydrogen-bond acceptors (Lipinski definition) is 4. The van der Waals surface area contributed by atoms with E-state index in [4.69, 9.17) is 11.6 Å². The standard InChI is InChI=1S/C12H15ClN4O2/c13-9-11(18)15-12(19)17-7-5-16(6-8-17)10-3-1-2-4-14-10/h1-4H,5-9H2,(H,15,18,19). The van der Waals surface area contributed by atoms with Gasteiger partial charge >= 0.3 is 6.03 Å². The molecule has 0 spiro atoms. The quantitative estimate of drug-likeness (QED) is 0.810. The lowest BCUT2D eigenvalue weighted by Crippen LogP contribution is -2.53. The molecule has 3 amide bonds. The van der Waals surface area contributed by atoms with Gasteiger partial charge in [0.25, 0.3) is 0 Å². The highest BCUT2D eigenvalue weighted by atomic mass is 35.5. The number of carbonyl (C=O) groups excluding carboxylic acids is 2. The summed E-state index contributed by atoms with van der Waals surface area (Å²) in [6, 6.07) is 5.35. The van der Waals surface area contributed by atoms with E-state index in [1.807, 2.05) is 18.2 Å². The second-order valence-corrected chi connectivity index (χ2v) is 4.42. The monoisotopic (exact) mass is 282 g/mol. The van der Waals surface area contributed by atoms with E-state index in [1.54, 1.807) is 11.1 Å². The first-order chi connectivity index (χ1) is 9.20. The van der Waals surface area contributed by atoms with E-state index in [-0.39, 0.29) is 11.9 Å². The smallest absolute Gasteiger partial charge is 0.324 e. The second-order valence-electron chi connectivity index (χ2n) is 4.15. The lowest BCUT2D eigenvalue weighted by atomic mass is 10.3. The summed E-state index contributed by atoms with van der Waals surface area (Å²) in [5.74, 6) is 0.220. The van der Waals surface area contributed by atoms with Crippen LogP contribution in [0.1, 0.15) is 0 Å². The Kier molecular flexibility index (Phi) is 4.57. The van der Waals surface area contributed by atoms with Crippen molar-refractivity contribution in [1.82, 2.24) is 15.2 Å². The molecule has 0 aliphatic carbocycles. The molecule has 0 radical (unpaired) electrons. The predicted molar refractivity (Wildman–Crippen MR) is 72.3 cm³/mol. The summed E-state index contributed by atoms with van der Waals surface area (Å²) in [5.41, 5.74) is 0. The molecule has 0 saturated carbocycles. The first-order valence-corrected chi connectivity index (χ1v) is 6.55. The van der Waals surface area contributed by atoms with Gasteiger partial charge in [0, 0.05) is 32.4 Å². The van der Waals surface area contributed by atoms with Gasteiger partial charge in [-0.2, -0.15) is 0 Å². The largest absolute Gasteiger partial charge is 0.353 e. The molecular weight excluding hydrogens is 268 g/mol. The third-order valence-electron chi connectivity index (χ3n) is 2.91. The third kappa shape index (κ3) is 3.57. The van der Waals surface area contributed by atoms with Crippen molar-refractivity contribution in [2.24, 2.45) is 0 Å². The second kappa shape index (κ2) is 6.38. The van der Waals surface area contributed by atoms with E-state index in [9.17, 15) is 9.59 Å². The molecule has 1 N–H and O–H groups in total. The molecule has 2 rings (SSSR count). The summed E-state index contributed by atoms with van der Waals surface area (Å²) >= 11 is 5.34. The number of alkyl halides is 1. The molecule has 0 atom stereocenters. The van der Waals surface area contributed by atoms with E-state index in [2.05, 4.69) is 15.2 Å². The first-order valence-electron chi connectivity index (χ1n) is 6.01. The van der Waals surface area contributed by atoms with Gasteiger partial charge < -0.3 is 9.80 Å². The van der Waals surface area contributed by atoms with Gasteiger partial charge in [-0.1, -0.05) is 6.07 Å². The molecule has 1 aliphatic heterocycles. The summed E-state index contributed by atoms with van der Waals surface area (Å²) in [4.78, 5) is 30.7. The Bertz CT molecular complexity index is 446. The number of nitrogens with zero attached hydrogens (tertiary/aromatic N) is 3. The maximum Gasteiger partial charge on any atom is 0.324 e. The van der Waals surface area contributed by atoms with Crippen molar-refractivity contribution in [2.45, 2.75) is 0 Å². The van der Waals surface area contributed by atoms with Gasteiger partial charge in [0.15, 0.2) is 0 Å². The third-order valence-corrected chi connectivity index (χ3v) is 3.15. The SMILES string of the molecule is O=C(CCl)NC(=O)N1CCN(c2ccccn2)CC1. The van der Waals surface area contributed by atoms with Crippen LogP contribution in [-0.2, 0) is 4.79 Å². The van der Waals surface area contributed by atoms with Gasteiger partial charge in [-0.05, 0) is 12.1 Å². The van der Waals surface area contributed by atoms with E-state index in [0.717, 1.165) is 5.82 Å². The van der Waals surface area contributed by atoms with Gasteiger partial charge in [0.1, 0.15) is 11.7 Å². The van der Waals surface area contributed by atoms with E-state index in [1.165, 1.54) is 0 Å². The molecule has 1 saturated heterocycles. The molecule has 7 heteroatoms. The lowest BCUT2D eigenvalue weighted by molar-refractivity contribution is -0.117. The zero-order valence-electron chi connectivity index (χ0n) is 10.4. The molecule has 1 fully saturated rings. The molecule has 1 aromatic rings. The molecule has 6 nitrogen and oxygen atoms in total. The fraction of sp³-hybridized carbons (Fsp3) is 0.417. The fourth-order valence-corrected chi connectivity index (χ4v) is 1.98. The number of imide groups is 1. The van der Waals surface area contributed by atoms with Gasteiger partial charge in [-0.3, -0.25) is 10.1 Å². The predicted octanol–water partition coefficient (Wildman–Crippen LogP) is 0.679. The molecular formula is C12H15ClN4O2. The van der Waals surface area contributed by atoms with Gasteiger partial charge in [0.05, 0.1) is 0 Å². The number of carbonyl (C=O) groups is 2. The van der Waals surface area contributed by atoms with Gasteiger partial charge in [-0.15, -0.1) is 11.6 Å². The Balaban J connectivity index is 1.86. The maximum atomic E-state index is 11.7. The highest BCUT2D eigenvalue weighted by Gasteiger charge is 2.22. The number of nitrogens with one attached hydrogen (secondary N) is 1. The Hall–Kier alpha value is -1.82. The average Bonchev–Trinajstić information content (AvgIpc) is 2.48. The number of hydrogen-bond donors (Lipinski definition) is 1. The van der Waals surface area contributed by atoms with Crippen LogP contribution in [0.3, 0.4) is 0 Å². The van der Waals surface area contributed by atoms with Crippen LogP contribution in [-0.4, -0.2) is 53.9 Å². The molecule has 2 heterocycles. The number of aromatic nitrogens is 1. The van der Waals surface area contributed by atoms with Gasteiger partial charge in [-0.25, -0.2) is 9.78 Å². The van der Waals surface area contributed by atoms with Crippen LogP contribution >= 0.6 is 11.6 Å². The Morgan fingerprint density at radius 1 is 1.26 bits per heavy atom. The molecule has 0 bridgehead atoms. The number of anilines is 1. The Labute approximate surface area is 116 Å². The van der Waals surface area contributed by atoms with Crippen LogP contribution in [0.4, 0.5) is 10.6 Å². The van der Waals surface area contributed by atoms with Crippen molar-refractivity contribution in [3.05, 3.63) is 24.4 Å². The summed E-state index contributed by atoms with van der Waals surface area (Å²) in [6.45, 7) is 2.49. The summed E-state index contributed by atoms with van der Waals surface area (Å²) in [6.07, 6.45) is 1.74. The Morgan fingerprint density at radius 3 is 2.58 bits per heavy atom. The van der Waals surface area contributed by atoms with Crippen molar-refractivity contribution in [3.63, 3.8) is 0 Å². The van der Waals surface area contributed by atoms with Gasteiger partial charge in [0.2, 0.25) is 5.91 Å². The molecule has 1 aromatic heterocycles. The van der Waals surface area contributed by atoms with E-state index < -0.39 is 5.91 Å². The summed E-state index contributed by atoms with van der Waals surface area (Å²) < 4.78 is 0. The number of rotatable bonds is 2. The van der Waals surface area contributed by atoms with Crippen LogP contribution in [0, 0.1) is 0 Å². The zero-order valence-corrected chi connectivity index (χ0v) is 11.1. The normalized spacial score (nSPS) is 15.2. The molecule has 0 aromatic carbocycles. The van der Waals surface area contributed by atoms with Crippen molar-refractivity contribution in [3.8, 4) is 0 Å². The topological polar surface area (TPSA) is 65.5 Å². The number of piperazine rings is 1. The van der Waals surface area contributed by atoms with Crippen LogP contribution in [0.15, 0.2) is 24.4 Å². The summed E-state index contributed by atoms with van der Waals surface area (Å²) in [7, 11) is 0. The molecule has 102 valence electrons. The summed E-state index contributed by atoms with van der Waals surface area (Å²) in [5, 5.41) is 2.24. The lowest BCUT2D eigenvalue weighted by Gasteiger charge is -2.35.